The Morgan fingerprint density at radius 2 is 1.85 bits per heavy atom. The van der Waals surface area contributed by atoms with Crippen molar-refractivity contribution in [1.82, 2.24) is 5.32 Å². The van der Waals surface area contributed by atoms with Gasteiger partial charge < -0.3 is 20.7 Å². The second-order valence-corrected chi connectivity index (χ2v) is 7.47. The molecule has 6 nitrogen and oxygen atoms in total. The van der Waals surface area contributed by atoms with E-state index in [4.69, 9.17) is 10.5 Å². The van der Waals surface area contributed by atoms with Crippen LogP contribution in [0.5, 0.6) is 5.75 Å². The fraction of sp³-hybridized carbons (Fsp3) is 0.333. The Kier molecular flexibility index (Phi) is 9.47. The number of nitrogens with one attached hydrogen (secondary N) is 1. The van der Waals surface area contributed by atoms with Crippen LogP contribution < -0.4 is 20.7 Å². The van der Waals surface area contributed by atoms with Crippen LogP contribution >= 0.6 is 0 Å². The highest BCUT2D eigenvalue weighted by Crippen LogP contribution is 2.26. The third-order valence-corrected chi connectivity index (χ3v) is 4.84. The number of hydrogen-bond acceptors (Lipinski definition) is 4. The van der Waals surface area contributed by atoms with Gasteiger partial charge in [0.05, 0.1) is 13.2 Å². The summed E-state index contributed by atoms with van der Waals surface area (Å²) < 4.78 is 44.7. The molecule has 0 aliphatic carbocycles. The Morgan fingerprint density at radius 3 is 2.45 bits per heavy atom. The minimum atomic E-state index is -5.05. The number of rotatable bonds is 10. The van der Waals surface area contributed by atoms with Crippen LogP contribution in [0.25, 0.3) is 0 Å². The monoisotopic (exact) mass is 463 g/mol. The lowest BCUT2D eigenvalue weighted by Crippen LogP contribution is -2.44. The molecule has 0 saturated carbocycles. The summed E-state index contributed by atoms with van der Waals surface area (Å²) in [4.78, 5) is 24.8. The van der Waals surface area contributed by atoms with E-state index in [-0.39, 0.29) is 18.1 Å². The van der Waals surface area contributed by atoms with Crippen molar-refractivity contribution in [1.29, 1.82) is 0 Å². The molecular formula is C24H28F3N3O3. The van der Waals surface area contributed by atoms with Crippen molar-refractivity contribution in [2.24, 2.45) is 5.73 Å². The van der Waals surface area contributed by atoms with Crippen LogP contribution in [0.1, 0.15) is 18.9 Å². The van der Waals surface area contributed by atoms with E-state index in [1.54, 1.807) is 19.1 Å². The molecule has 2 amide bonds. The molecule has 0 fully saturated rings. The van der Waals surface area contributed by atoms with Crippen LogP contribution in [0.3, 0.4) is 0 Å². The van der Waals surface area contributed by atoms with E-state index in [2.05, 4.69) is 5.32 Å². The van der Waals surface area contributed by atoms with E-state index < -0.39 is 24.2 Å². The maximum atomic E-state index is 13.2. The molecule has 0 aliphatic rings. The second-order valence-electron chi connectivity index (χ2n) is 7.47. The quantitative estimate of drug-likeness (QED) is 0.528. The molecular weight excluding hydrogens is 435 g/mol. The zero-order valence-corrected chi connectivity index (χ0v) is 18.5. The number of halogens is 3. The van der Waals surface area contributed by atoms with Crippen molar-refractivity contribution in [3.63, 3.8) is 0 Å². The number of nitrogens with two attached hydrogens (primary N) is 1. The largest absolute Gasteiger partial charge is 0.497 e. The first-order chi connectivity index (χ1) is 15.6. The van der Waals surface area contributed by atoms with Gasteiger partial charge in [0.25, 0.3) is 0 Å². The molecule has 2 atom stereocenters. The first-order valence-electron chi connectivity index (χ1n) is 10.4. The first kappa shape index (κ1) is 25.9. The van der Waals surface area contributed by atoms with E-state index in [1.165, 1.54) is 31.4 Å². The van der Waals surface area contributed by atoms with Crippen molar-refractivity contribution in [3.05, 3.63) is 72.3 Å². The number of alkyl halides is 3. The first-order valence-corrected chi connectivity index (χ1v) is 10.4. The summed E-state index contributed by atoms with van der Waals surface area (Å²) in [6.45, 7) is 1.20. The Labute approximate surface area is 191 Å². The van der Waals surface area contributed by atoms with Crippen molar-refractivity contribution in [2.45, 2.75) is 38.0 Å². The number of aryl methyl sites for hydroxylation is 1. The number of ether oxygens (including phenoxy) is 1. The summed E-state index contributed by atoms with van der Waals surface area (Å²) in [6, 6.07) is 14.2. The Morgan fingerprint density at radius 1 is 1.15 bits per heavy atom. The standard InChI is InChI=1S/C24H28F3N3O3/c1-17(28)22(31)29-19(14-13-18-8-4-3-5-9-18)10-7-15-30(23(32)24(25,26)27)20-11-6-12-21(16-20)33-2/h3-12,16-17,19H,13-15,28H2,1-2H3,(H,29,31)/b10-7+/t17-,19+/m0/s1. The molecule has 33 heavy (non-hydrogen) atoms. The van der Waals surface area contributed by atoms with E-state index in [0.717, 1.165) is 5.56 Å². The molecule has 0 aliphatic heterocycles. The van der Waals surface area contributed by atoms with Gasteiger partial charge in [-0.1, -0.05) is 48.6 Å². The molecule has 0 bridgehead atoms. The average Bonchev–Trinajstić information content (AvgIpc) is 2.79. The molecule has 0 radical (unpaired) electrons. The maximum absolute atomic E-state index is 13.2. The van der Waals surface area contributed by atoms with Gasteiger partial charge in [-0.3, -0.25) is 9.59 Å². The summed E-state index contributed by atoms with van der Waals surface area (Å²) in [6.07, 6.45) is -0.894. The SMILES string of the molecule is COc1cccc(N(C/C=C/[C@H](CCc2ccccc2)NC(=O)[C@H](C)N)C(=O)C(F)(F)F)c1. The van der Waals surface area contributed by atoms with Crippen LogP contribution in [0.15, 0.2) is 66.7 Å². The Hall–Kier alpha value is -3.33. The topological polar surface area (TPSA) is 84.7 Å². The van der Waals surface area contributed by atoms with E-state index in [1.807, 2.05) is 30.3 Å². The highest BCUT2D eigenvalue weighted by atomic mass is 19.4. The predicted octanol–water partition coefficient (Wildman–Crippen LogP) is 3.61. The Balaban J connectivity index is 2.21. The summed E-state index contributed by atoms with van der Waals surface area (Å²) in [5.74, 6) is -2.06. The normalized spacial score (nSPS) is 13.4. The van der Waals surface area contributed by atoms with E-state index >= 15 is 0 Å². The molecule has 0 aromatic heterocycles. The van der Waals surface area contributed by atoms with Crippen LogP contribution in [0.2, 0.25) is 0 Å². The third-order valence-electron chi connectivity index (χ3n) is 4.84. The molecule has 2 rings (SSSR count). The van der Waals surface area contributed by atoms with E-state index in [9.17, 15) is 22.8 Å². The molecule has 0 spiro atoms. The number of carbonyl (C=O) groups is 2. The summed E-state index contributed by atoms with van der Waals surface area (Å²) in [5.41, 5.74) is 6.73. The van der Waals surface area contributed by atoms with Crippen molar-refractivity contribution < 1.29 is 27.5 Å². The highest BCUT2D eigenvalue weighted by molar-refractivity contribution is 5.97. The predicted molar refractivity (Wildman–Crippen MR) is 121 cm³/mol. The molecule has 2 aromatic carbocycles. The van der Waals surface area contributed by atoms with Crippen molar-refractivity contribution >= 4 is 17.5 Å². The lowest BCUT2D eigenvalue weighted by Gasteiger charge is -2.23. The fourth-order valence-corrected chi connectivity index (χ4v) is 3.07. The van der Waals surface area contributed by atoms with Crippen LogP contribution in [0.4, 0.5) is 18.9 Å². The van der Waals surface area contributed by atoms with Crippen molar-refractivity contribution in [2.75, 3.05) is 18.6 Å². The van der Waals surface area contributed by atoms with Crippen LogP contribution in [-0.2, 0) is 16.0 Å². The van der Waals surface area contributed by atoms with Gasteiger partial charge in [0, 0.05) is 24.3 Å². The molecule has 2 aromatic rings. The lowest BCUT2D eigenvalue weighted by molar-refractivity contribution is -0.170. The van der Waals surface area contributed by atoms with Crippen molar-refractivity contribution in [3.8, 4) is 5.75 Å². The zero-order valence-electron chi connectivity index (χ0n) is 18.5. The number of amides is 2. The Bertz CT molecular complexity index is 947. The molecule has 9 heteroatoms. The van der Waals surface area contributed by atoms with Gasteiger partial charge in [-0.2, -0.15) is 13.2 Å². The minimum Gasteiger partial charge on any atom is -0.497 e. The van der Waals surface area contributed by atoms with Gasteiger partial charge in [0.2, 0.25) is 5.91 Å². The van der Waals surface area contributed by atoms with Gasteiger partial charge in [0.1, 0.15) is 5.75 Å². The number of benzene rings is 2. The highest BCUT2D eigenvalue weighted by Gasteiger charge is 2.42. The maximum Gasteiger partial charge on any atom is 0.471 e. The molecule has 3 N–H and O–H groups in total. The summed E-state index contributed by atoms with van der Waals surface area (Å²) in [7, 11) is 1.38. The van der Waals surface area contributed by atoms with Gasteiger partial charge >= 0.3 is 12.1 Å². The number of carbonyl (C=O) groups excluding carboxylic acids is 2. The third kappa shape index (κ3) is 8.27. The summed E-state index contributed by atoms with van der Waals surface area (Å²) in [5, 5.41) is 2.78. The van der Waals surface area contributed by atoms with Gasteiger partial charge in [0.15, 0.2) is 0 Å². The number of anilines is 1. The average molecular weight is 464 g/mol. The second kappa shape index (κ2) is 12.1. The zero-order chi connectivity index (χ0) is 24.4. The molecule has 0 unspecified atom stereocenters. The van der Waals surface area contributed by atoms with Crippen LogP contribution in [0, 0.1) is 0 Å². The minimum absolute atomic E-state index is 0.0433. The molecule has 0 saturated heterocycles. The smallest absolute Gasteiger partial charge is 0.471 e. The fourth-order valence-electron chi connectivity index (χ4n) is 3.07. The van der Waals surface area contributed by atoms with Crippen LogP contribution in [-0.4, -0.2) is 43.7 Å². The lowest BCUT2D eigenvalue weighted by atomic mass is 10.0. The van der Waals surface area contributed by atoms with Gasteiger partial charge in [-0.25, -0.2) is 0 Å². The van der Waals surface area contributed by atoms with Gasteiger partial charge in [-0.15, -0.1) is 0 Å². The van der Waals surface area contributed by atoms with E-state index in [0.29, 0.717) is 23.5 Å². The number of methoxy groups -OCH3 is 1. The number of nitrogens with zero attached hydrogens (tertiary/aromatic N) is 1. The molecule has 0 heterocycles. The number of hydrogen-bond donors (Lipinski definition) is 2. The van der Waals surface area contributed by atoms with Gasteiger partial charge in [-0.05, 0) is 37.5 Å². The summed E-state index contributed by atoms with van der Waals surface area (Å²) >= 11 is 0. The molecule has 178 valence electrons.